The number of hydrogen-bond donors (Lipinski definition) is 1. The van der Waals surface area contributed by atoms with E-state index >= 15 is 0 Å². The first kappa shape index (κ1) is 13.0. The SMILES string of the molecule is CNCC(c1nc(C2CCCC2)cs1)C(C)C. The van der Waals surface area contributed by atoms with Crippen LogP contribution in [0.2, 0.25) is 0 Å². The van der Waals surface area contributed by atoms with E-state index in [1.807, 2.05) is 18.4 Å². The Labute approximate surface area is 109 Å². The van der Waals surface area contributed by atoms with Crippen LogP contribution in [-0.4, -0.2) is 18.6 Å². The summed E-state index contributed by atoms with van der Waals surface area (Å²) in [5.74, 6) is 1.98. The molecular formula is C14H24N2S. The van der Waals surface area contributed by atoms with Crippen LogP contribution in [0.5, 0.6) is 0 Å². The smallest absolute Gasteiger partial charge is 0.0974 e. The maximum atomic E-state index is 4.91. The van der Waals surface area contributed by atoms with Crippen LogP contribution in [0.3, 0.4) is 0 Å². The molecule has 0 spiro atoms. The summed E-state index contributed by atoms with van der Waals surface area (Å²) in [4.78, 5) is 4.91. The van der Waals surface area contributed by atoms with Crippen molar-refractivity contribution in [1.29, 1.82) is 0 Å². The van der Waals surface area contributed by atoms with Gasteiger partial charge in [-0.3, -0.25) is 0 Å². The number of nitrogens with one attached hydrogen (secondary N) is 1. The standard InChI is InChI=1S/C14H24N2S/c1-10(2)12(8-15-3)14-16-13(9-17-14)11-6-4-5-7-11/h9-12,15H,4-8H2,1-3H3. The Hall–Kier alpha value is -0.410. The zero-order chi connectivity index (χ0) is 12.3. The van der Waals surface area contributed by atoms with Crippen molar-refractivity contribution in [2.45, 2.75) is 51.4 Å². The van der Waals surface area contributed by atoms with Crippen LogP contribution < -0.4 is 5.32 Å². The third-order valence-electron chi connectivity index (χ3n) is 3.86. The lowest BCUT2D eigenvalue weighted by Gasteiger charge is -2.17. The maximum absolute atomic E-state index is 4.91. The molecule has 0 saturated heterocycles. The van der Waals surface area contributed by atoms with Gasteiger partial charge in [-0.2, -0.15) is 0 Å². The topological polar surface area (TPSA) is 24.9 Å². The Morgan fingerprint density at radius 2 is 2.12 bits per heavy atom. The highest BCUT2D eigenvalue weighted by Crippen LogP contribution is 2.36. The maximum Gasteiger partial charge on any atom is 0.0974 e. The molecule has 17 heavy (non-hydrogen) atoms. The summed E-state index contributed by atoms with van der Waals surface area (Å²) in [6, 6.07) is 0. The lowest BCUT2D eigenvalue weighted by molar-refractivity contribution is 0.475. The molecule has 1 aromatic heterocycles. The highest BCUT2D eigenvalue weighted by Gasteiger charge is 2.23. The molecule has 0 aliphatic heterocycles. The van der Waals surface area contributed by atoms with Crippen molar-refractivity contribution < 1.29 is 0 Å². The van der Waals surface area contributed by atoms with E-state index in [4.69, 9.17) is 4.98 Å². The van der Waals surface area contributed by atoms with Crippen LogP contribution in [0.4, 0.5) is 0 Å². The van der Waals surface area contributed by atoms with Gasteiger partial charge in [0.05, 0.1) is 10.7 Å². The molecule has 2 rings (SSSR count). The predicted molar refractivity (Wildman–Crippen MR) is 74.8 cm³/mol. The third kappa shape index (κ3) is 3.08. The molecule has 0 amide bonds. The molecule has 3 heteroatoms. The second kappa shape index (κ2) is 5.96. The highest BCUT2D eigenvalue weighted by atomic mass is 32.1. The van der Waals surface area contributed by atoms with E-state index in [9.17, 15) is 0 Å². The summed E-state index contributed by atoms with van der Waals surface area (Å²) in [6.45, 7) is 5.62. The fourth-order valence-corrected chi connectivity index (χ4v) is 3.88. The van der Waals surface area contributed by atoms with Gasteiger partial charge >= 0.3 is 0 Å². The number of thiazole rings is 1. The Morgan fingerprint density at radius 1 is 1.41 bits per heavy atom. The number of hydrogen-bond acceptors (Lipinski definition) is 3. The molecular weight excluding hydrogens is 228 g/mol. The molecule has 96 valence electrons. The van der Waals surface area contributed by atoms with Gasteiger partial charge in [-0.05, 0) is 25.8 Å². The summed E-state index contributed by atoms with van der Waals surface area (Å²) in [7, 11) is 2.03. The highest BCUT2D eigenvalue weighted by molar-refractivity contribution is 7.09. The van der Waals surface area contributed by atoms with E-state index in [0.29, 0.717) is 11.8 Å². The van der Waals surface area contributed by atoms with E-state index in [2.05, 4.69) is 24.5 Å². The van der Waals surface area contributed by atoms with Crippen molar-refractivity contribution >= 4 is 11.3 Å². The van der Waals surface area contributed by atoms with Crippen LogP contribution in [0.25, 0.3) is 0 Å². The summed E-state index contributed by atoms with van der Waals surface area (Å²) in [5, 5.41) is 6.92. The molecule has 1 fully saturated rings. The minimum atomic E-state index is 0.570. The van der Waals surface area contributed by atoms with Crippen molar-refractivity contribution in [3.05, 3.63) is 16.1 Å². The third-order valence-corrected chi connectivity index (χ3v) is 4.85. The van der Waals surface area contributed by atoms with Crippen molar-refractivity contribution in [2.75, 3.05) is 13.6 Å². The van der Waals surface area contributed by atoms with E-state index in [1.165, 1.54) is 36.4 Å². The fourth-order valence-electron chi connectivity index (χ4n) is 2.71. The molecule has 1 N–H and O–H groups in total. The van der Waals surface area contributed by atoms with Gasteiger partial charge in [0.15, 0.2) is 0 Å². The van der Waals surface area contributed by atoms with E-state index in [-0.39, 0.29) is 0 Å². The van der Waals surface area contributed by atoms with Gasteiger partial charge in [-0.15, -0.1) is 11.3 Å². The molecule has 1 unspecified atom stereocenters. The van der Waals surface area contributed by atoms with Crippen molar-refractivity contribution in [2.24, 2.45) is 5.92 Å². The lowest BCUT2D eigenvalue weighted by atomic mass is 9.96. The second-order valence-electron chi connectivity index (χ2n) is 5.50. The van der Waals surface area contributed by atoms with Crippen LogP contribution in [0, 0.1) is 5.92 Å². The summed E-state index contributed by atoms with van der Waals surface area (Å²) < 4.78 is 0. The van der Waals surface area contributed by atoms with Gasteiger partial charge in [0.25, 0.3) is 0 Å². The normalized spacial score (nSPS) is 19.1. The Balaban J connectivity index is 2.09. The van der Waals surface area contributed by atoms with Gasteiger partial charge < -0.3 is 5.32 Å². The first-order valence-corrected chi connectivity index (χ1v) is 7.70. The number of likely N-dealkylation sites (N-methyl/N-ethyl adjacent to an activating group) is 1. The van der Waals surface area contributed by atoms with Gasteiger partial charge in [0.1, 0.15) is 0 Å². The summed E-state index contributed by atoms with van der Waals surface area (Å²) in [5.41, 5.74) is 1.37. The Kier molecular flexibility index (Phi) is 4.57. The molecule has 0 aromatic carbocycles. The van der Waals surface area contributed by atoms with E-state index in [0.717, 1.165) is 12.5 Å². The van der Waals surface area contributed by atoms with Gasteiger partial charge in [0, 0.05) is 23.8 Å². The second-order valence-corrected chi connectivity index (χ2v) is 6.39. The molecule has 1 aliphatic carbocycles. The molecule has 1 saturated carbocycles. The number of rotatable bonds is 5. The van der Waals surface area contributed by atoms with E-state index in [1.54, 1.807) is 0 Å². The average molecular weight is 252 g/mol. The van der Waals surface area contributed by atoms with Crippen molar-refractivity contribution in [3.8, 4) is 0 Å². The van der Waals surface area contributed by atoms with E-state index < -0.39 is 0 Å². The van der Waals surface area contributed by atoms with Crippen LogP contribution in [0.15, 0.2) is 5.38 Å². The van der Waals surface area contributed by atoms with Crippen molar-refractivity contribution in [3.63, 3.8) is 0 Å². The quantitative estimate of drug-likeness (QED) is 0.863. The fraction of sp³-hybridized carbons (Fsp3) is 0.786. The zero-order valence-corrected chi connectivity index (χ0v) is 12.0. The first-order valence-electron chi connectivity index (χ1n) is 6.82. The van der Waals surface area contributed by atoms with Gasteiger partial charge in [0.2, 0.25) is 0 Å². The molecule has 1 atom stereocenters. The summed E-state index contributed by atoms with van der Waals surface area (Å²) >= 11 is 1.86. The monoisotopic (exact) mass is 252 g/mol. The number of aromatic nitrogens is 1. The lowest BCUT2D eigenvalue weighted by Crippen LogP contribution is -2.21. The molecule has 1 aliphatic rings. The predicted octanol–water partition coefficient (Wildman–Crippen LogP) is 3.76. The Morgan fingerprint density at radius 3 is 2.71 bits per heavy atom. The molecule has 1 aromatic rings. The largest absolute Gasteiger partial charge is 0.319 e. The molecule has 1 heterocycles. The molecule has 0 radical (unpaired) electrons. The Bertz CT molecular complexity index is 340. The minimum Gasteiger partial charge on any atom is -0.319 e. The first-order chi connectivity index (χ1) is 8.22. The average Bonchev–Trinajstić information content (AvgIpc) is 2.95. The summed E-state index contributed by atoms with van der Waals surface area (Å²) in [6.07, 6.45) is 5.48. The number of nitrogens with zero attached hydrogens (tertiary/aromatic N) is 1. The van der Waals surface area contributed by atoms with Crippen LogP contribution in [-0.2, 0) is 0 Å². The molecule has 2 nitrogen and oxygen atoms in total. The molecule has 0 bridgehead atoms. The minimum absolute atomic E-state index is 0.570. The van der Waals surface area contributed by atoms with Gasteiger partial charge in [-0.25, -0.2) is 4.98 Å². The van der Waals surface area contributed by atoms with Crippen LogP contribution >= 0.6 is 11.3 Å². The van der Waals surface area contributed by atoms with Crippen LogP contribution in [0.1, 0.15) is 62.1 Å². The van der Waals surface area contributed by atoms with Crippen molar-refractivity contribution in [1.82, 2.24) is 10.3 Å². The van der Waals surface area contributed by atoms with Gasteiger partial charge in [-0.1, -0.05) is 26.7 Å². The zero-order valence-electron chi connectivity index (χ0n) is 11.2.